The molecule has 0 aliphatic heterocycles. The van der Waals surface area contributed by atoms with Crippen LogP contribution in [0.1, 0.15) is 0 Å². The Labute approximate surface area is 44.3 Å². The van der Waals surface area contributed by atoms with E-state index in [1.165, 1.54) is 0 Å². The summed E-state index contributed by atoms with van der Waals surface area (Å²) in [5.41, 5.74) is 0. The van der Waals surface area contributed by atoms with Crippen LogP contribution in [0.4, 0.5) is 13.6 Å². The molecule has 0 amide bonds. The summed E-state index contributed by atoms with van der Waals surface area (Å²) in [7, 11) is 0. The maximum atomic E-state index is 9.69. The van der Waals surface area contributed by atoms with Crippen LogP contribution < -0.4 is 0 Å². The number of halogens is 2. The van der Waals surface area contributed by atoms with Gasteiger partial charge >= 0.3 is 6.29 Å². The minimum absolute atomic E-state index is 0. The van der Waals surface area contributed by atoms with Gasteiger partial charge < -0.3 is 0 Å². The van der Waals surface area contributed by atoms with Gasteiger partial charge in [0.25, 0.3) is 0 Å². The Kier molecular flexibility index (Phi) is 7.80. The van der Waals surface area contributed by atoms with E-state index in [0.29, 0.717) is 0 Å². The summed E-state index contributed by atoms with van der Waals surface area (Å²) in [4.78, 5) is 8.11. The molecule has 0 saturated heterocycles. The first-order chi connectivity index (χ1) is 1.73. The summed E-state index contributed by atoms with van der Waals surface area (Å²) in [6.45, 7) is 0. The van der Waals surface area contributed by atoms with Crippen LogP contribution in [-0.2, 0) is 0 Å². The van der Waals surface area contributed by atoms with Crippen LogP contribution in [-0.4, -0.2) is 30.2 Å². The zero-order chi connectivity index (χ0) is 3.58. The molecule has 0 fully saturated rings. The average molecular weight is 185 g/mol. The standard InChI is InChI=1S/CF2O.Sn/c2-1(3)4;. The van der Waals surface area contributed by atoms with Crippen LogP contribution >= 0.6 is 0 Å². The van der Waals surface area contributed by atoms with Crippen molar-refractivity contribution in [3.8, 4) is 0 Å². The molecule has 0 aliphatic carbocycles. The van der Waals surface area contributed by atoms with E-state index in [9.17, 15) is 8.78 Å². The van der Waals surface area contributed by atoms with Gasteiger partial charge in [0.2, 0.25) is 0 Å². The SMILES string of the molecule is O=C(F)F.[Sn]. The molecule has 0 atom stereocenters. The molecule has 5 heavy (non-hydrogen) atoms. The minimum Gasteiger partial charge on any atom is -0.219 e. The largest absolute Gasteiger partial charge is 0.483 e. The third-order valence-electron chi connectivity index (χ3n) is 0. The molecular weight excluding hydrogens is 185 g/mol. The maximum absolute atomic E-state index is 9.69. The summed E-state index contributed by atoms with van der Waals surface area (Å²) in [5, 5.41) is 0. The fraction of sp³-hybridized carbons (Fsp3) is 0. The molecule has 0 heterocycles. The summed E-state index contributed by atoms with van der Waals surface area (Å²) >= 11 is 0. The summed E-state index contributed by atoms with van der Waals surface area (Å²) in [6.07, 6.45) is -2.83. The second-order valence-corrected chi connectivity index (χ2v) is 0.226. The number of hydrogen-bond donors (Lipinski definition) is 0. The number of carbonyl (C=O) groups is 1. The van der Waals surface area contributed by atoms with Crippen molar-refractivity contribution in [3.05, 3.63) is 0 Å². The average Bonchev–Trinajstić information content (AvgIpc) is 0.811. The molecule has 0 N–H and O–H groups in total. The zero-order valence-corrected chi connectivity index (χ0v) is 5.02. The van der Waals surface area contributed by atoms with E-state index in [0.717, 1.165) is 0 Å². The van der Waals surface area contributed by atoms with Gasteiger partial charge in [0, 0.05) is 23.9 Å². The molecular formula is CF2OSn. The first-order valence-corrected chi connectivity index (χ1v) is 0.582. The Balaban J connectivity index is 0. The molecule has 1 nitrogen and oxygen atoms in total. The second-order valence-electron chi connectivity index (χ2n) is 0.226. The Hall–Kier alpha value is 0.329. The Morgan fingerprint density at radius 1 is 1.40 bits per heavy atom. The molecule has 4 heteroatoms. The third-order valence-corrected chi connectivity index (χ3v) is 0. The van der Waals surface area contributed by atoms with Crippen LogP contribution in [0, 0.1) is 0 Å². The molecule has 0 rings (SSSR count). The van der Waals surface area contributed by atoms with Crippen molar-refractivity contribution in [1.82, 2.24) is 0 Å². The third kappa shape index (κ3) is 217. The van der Waals surface area contributed by atoms with Gasteiger partial charge in [-0.25, -0.2) is 4.79 Å². The van der Waals surface area contributed by atoms with Crippen molar-refractivity contribution in [2.45, 2.75) is 0 Å². The van der Waals surface area contributed by atoms with Gasteiger partial charge in [-0.2, -0.15) is 0 Å². The van der Waals surface area contributed by atoms with E-state index in [1.54, 1.807) is 0 Å². The molecule has 0 aromatic carbocycles. The van der Waals surface area contributed by atoms with Crippen molar-refractivity contribution < 1.29 is 13.6 Å². The Morgan fingerprint density at radius 2 is 1.40 bits per heavy atom. The number of hydrogen-bond acceptors (Lipinski definition) is 1. The second kappa shape index (κ2) is 4.33. The Bertz CT molecular complexity index is 32.6. The minimum atomic E-state index is -2.83. The number of rotatable bonds is 0. The van der Waals surface area contributed by atoms with E-state index in [2.05, 4.69) is 0 Å². The van der Waals surface area contributed by atoms with Crippen molar-refractivity contribution in [2.24, 2.45) is 0 Å². The molecule has 0 saturated carbocycles. The van der Waals surface area contributed by atoms with Crippen LogP contribution in [0.15, 0.2) is 0 Å². The molecule has 0 aromatic rings. The maximum Gasteiger partial charge on any atom is 0.483 e. The fourth-order valence-corrected chi connectivity index (χ4v) is 0. The zero-order valence-electron chi connectivity index (χ0n) is 2.16. The van der Waals surface area contributed by atoms with Crippen molar-refractivity contribution in [3.63, 3.8) is 0 Å². The predicted octanol–water partition coefficient (Wildman–Crippen LogP) is 0.665. The molecule has 0 spiro atoms. The van der Waals surface area contributed by atoms with Gasteiger partial charge in [0.15, 0.2) is 0 Å². The Morgan fingerprint density at radius 3 is 1.40 bits per heavy atom. The predicted molar refractivity (Wildman–Crippen MR) is 13.4 cm³/mol. The summed E-state index contributed by atoms with van der Waals surface area (Å²) in [5.74, 6) is 0. The molecule has 4 radical (unpaired) electrons. The normalized spacial score (nSPS) is 5.20. The van der Waals surface area contributed by atoms with Crippen LogP contribution in [0.25, 0.3) is 0 Å². The van der Waals surface area contributed by atoms with Crippen LogP contribution in [0.5, 0.6) is 0 Å². The number of carbonyl (C=O) groups excluding carboxylic acids is 1. The molecule has 0 bridgehead atoms. The van der Waals surface area contributed by atoms with Crippen molar-refractivity contribution >= 4 is 30.2 Å². The van der Waals surface area contributed by atoms with Gasteiger partial charge in [-0.15, -0.1) is 8.78 Å². The molecule has 0 unspecified atom stereocenters. The fourth-order valence-electron chi connectivity index (χ4n) is 0. The first kappa shape index (κ1) is 9.01. The van der Waals surface area contributed by atoms with Gasteiger partial charge in [-0.05, 0) is 0 Å². The van der Waals surface area contributed by atoms with E-state index >= 15 is 0 Å². The van der Waals surface area contributed by atoms with Crippen LogP contribution in [0.2, 0.25) is 0 Å². The molecule has 0 aliphatic rings. The van der Waals surface area contributed by atoms with E-state index in [-0.39, 0.29) is 23.9 Å². The molecule has 28 valence electrons. The van der Waals surface area contributed by atoms with Gasteiger partial charge in [0.05, 0.1) is 0 Å². The van der Waals surface area contributed by atoms with E-state index < -0.39 is 6.29 Å². The quantitative estimate of drug-likeness (QED) is 0.400. The van der Waals surface area contributed by atoms with Crippen molar-refractivity contribution in [2.75, 3.05) is 0 Å². The van der Waals surface area contributed by atoms with E-state index in [1.807, 2.05) is 0 Å². The summed E-state index contributed by atoms with van der Waals surface area (Å²) < 4.78 is 19.4. The molecule has 0 aromatic heterocycles. The topological polar surface area (TPSA) is 17.1 Å². The first-order valence-electron chi connectivity index (χ1n) is 0.582. The van der Waals surface area contributed by atoms with Crippen LogP contribution in [0.3, 0.4) is 0 Å². The van der Waals surface area contributed by atoms with Gasteiger partial charge in [0.1, 0.15) is 0 Å². The monoisotopic (exact) mass is 186 g/mol. The van der Waals surface area contributed by atoms with Gasteiger partial charge in [-0.3, -0.25) is 0 Å². The van der Waals surface area contributed by atoms with Crippen molar-refractivity contribution in [1.29, 1.82) is 0 Å². The summed E-state index contributed by atoms with van der Waals surface area (Å²) in [6, 6.07) is 0. The smallest absolute Gasteiger partial charge is 0.219 e. The van der Waals surface area contributed by atoms with E-state index in [4.69, 9.17) is 4.79 Å². The van der Waals surface area contributed by atoms with Gasteiger partial charge in [-0.1, -0.05) is 0 Å².